The van der Waals surface area contributed by atoms with Crippen LogP contribution in [-0.4, -0.2) is 35.2 Å². The molecule has 1 fully saturated rings. The van der Waals surface area contributed by atoms with Crippen LogP contribution in [0.1, 0.15) is 18.2 Å². The van der Waals surface area contributed by atoms with E-state index in [1.165, 1.54) is 11.8 Å². The molecule has 0 atom stereocenters. The second-order valence-corrected chi connectivity index (χ2v) is 9.04. The van der Waals surface area contributed by atoms with Crippen LogP contribution in [0, 0.1) is 0 Å². The Morgan fingerprint density at radius 3 is 2.54 bits per heavy atom. The van der Waals surface area contributed by atoms with Gasteiger partial charge in [-0.3, -0.25) is 9.69 Å². The molecule has 2 heterocycles. The predicted octanol–water partition coefficient (Wildman–Crippen LogP) is 6.33. The van der Waals surface area contributed by atoms with Crippen LogP contribution in [0.3, 0.4) is 0 Å². The fourth-order valence-corrected chi connectivity index (χ4v) is 4.80. The summed E-state index contributed by atoms with van der Waals surface area (Å²) in [7, 11) is 0. The molecule has 4 rings (SSSR count). The van der Waals surface area contributed by atoms with Crippen molar-refractivity contribution in [1.82, 2.24) is 4.90 Å². The van der Waals surface area contributed by atoms with Crippen LogP contribution in [0.4, 0.5) is 5.69 Å². The molecule has 1 aliphatic rings. The van der Waals surface area contributed by atoms with Crippen molar-refractivity contribution in [3.63, 3.8) is 0 Å². The molecule has 7 nitrogen and oxygen atoms in total. The van der Waals surface area contributed by atoms with Crippen molar-refractivity contribution in [1.29, 1.82) is 0 Å². The van der Waals surface area contributed by atoms with E-state index in [9.17, 15) is 9.59 Å². The molecule has 1 amide bonds. The van der Waals surface area contributed by atoms with Gasteiger partial charge < -0.3 is 13.9 Å². The van der Waals surface area contributed by atoms with Crippen LogP contribution in [0.2, 0.25) is 10.0 Å². The van der Waals surface area contributed by atoms with Crippen LogP contribution in [-0.2, 0) is 20.9 Å². The van der Waals surface area contributed by atoms with Gasteiger partial charge in [-0.05, 0) is 66.7 Å². The maximum absolute atomic E-state index is 13.3. The minimum atomic E-state index is -0.527. The number of aliphatic imine (C=N–C) groups is 1. The quantitative estimate of drug-likeness (QED) is 0.250. The van der Waals surface area contributed by atoms with Crippen LogP contribution in [0.5, 0.6) is 5.75 Å². The predicted molar refractivity (Wildman–Crippen MR) is 137 cm³/mol. The van der Waals surface area contributed by atoms with Crippen LogP contribution >= 0.6 is 35.0 Å². The van der Waals surface area contributed by atoms with E-state index in [0.717, 1.165) is 5.69 Å². The van der Waals surface area contributed by atoms with E-state index in [1.807, 2.05) is 30.3 Å². The second-order valence-electron chi connectivity index (χ2n) is 7.22. The number of benzene rings is 2. The van der Waals surface area contributed by atoms with Gasteiger partial charge in [0, 0.05) is 0 Å². The molecule has 0 spiro atoms. The summed E-state index contributed by atoms with van der Waals surface area (Å²) in [6.07, 6.45) is 3.24. The van der Waals surface area contributed by atoms with E-state index in [4.69, 9.17) is 37.1 Å². The fraction of sp³-hybridized carbons (Fsp3) is 0.160. The molecule has 0 aliphatic carbocycles. The Bertz CT molecular complexity index is 1250. The summed E-state index contributed by atoms with van der Waals surface area (Å²) in [6.45, 7) is 1.87. The Hall–Kier alpha value is -3.20. The summed E-state index contributed by atoms with van der Waals surface area (Å²) >= 11 is 13.9. The van der Waals surface area contributed by atoms with Gasteiger partial charge in [0.15, 0.2) is 17.5 Å². The number of para-hydroxylation sites is 1. The smallest absolute Gasteiger partial charge is 0.344 e. The Morgan fingerprint density at radius 2 is 1.89 bits per heavy atom. The van der Waals surface area contributed by atoms with E-state index >= 15 is 0 Å². The molecule has 35 heavy (non-hydrogen) atoms. The summed E-state index contributed by atoms with van der Waals surface area (Å²) in [5.74, 6) is 0.0477. The van der Waals surface area contributed by atoms with Gasteiger partial charge in [-0.2, -0.15) is 0 Å². The first-order valence-electron chi connectivity index (χ1n) is 10.6. The number of carbonyl (C=O) groups excluding carboxylic acids is 2. The number of amides is 1. The second kappa shape index (κ2) is 11.5. The maximum Gasteiger partial charge on any atom is 0.344 e. The largest absolute Gasteiger partial charge is 0.479 e. The van der Waals surface area contributed by atoms with Gasteiger partial charge >= 0.3 is 5.97 Å². The van der Waals surface area contributed by atoms with E-state index in [1.54, 1.807) is 48.4 Å². The zero-order valence-corrected chi connectivity index (χ0v) is 20.9. The molecule has 2 aromatic carbocycles. The summed E-state index contributed by atoms with van der Waals surface area (Å²) in [5, 5.41) is 0.930. The fourth-order valence-electron chi connectivity index (χ4n) is 3.19. The third-order valence-corrected chi connectivity index (χ3v) is 6.29. The molecule has 0 radical (unpaired) electrons. The molecule has 0 unspecified atom stereocenters. The Labute approximate surface area is 216 Å². The number of furan rings is 1. The first kappa shape index (κ1) is 24.9. The summed E-state index contributed by atoms with van der Waals surface area (Å²) in [5.41, 5.74) is 1.32. The highest BCUT2D eigenvalue weighted by Crippen LogP contribution is 2.38. The van der Waals surface area contributed by atoms with Gasteiger partial charge in [-0.15, -0.1) is 0 Å². The Balaban J connectivity index is 1.60. The lowest BCUT2D eigenvalue weighted by atomic mass is 10.2. The monoisotopic (exact) mass is 530 g/mol. The number of esters is 1. The van der Waals surface area contributed by atoms with E-state index < -0.39 is 5.97 Å². The van der Waals surface area contributed by atoms with Gasteiger partial charge in [0.1, 0.15) is 5.76 Å². The molecule has 0 bridgehead atoms. The van der Waals surface area contributed by atoms with Crippen molar-refractivity contribution in [2.75, 3.05) is 13.2 Å². The first-order valence-corrected chi connectivity index (χ1v) is 12.2. The molecule has 10 heteroatoms. The summed E-state index contributed by atoms with van der Waals surface area (Å²) in [4.78, 5) is 31.5. The number of ether oxygens (including phenoxy) is 2. The van der Waals surface area contributed by atoms with Crippen molar-refractivity contribution in [3.8, 4) is 5.75 Å². The van der Waals surface area contributed by atoms with Gasteiger partial charge in [0.05, 0.1) is 40.1 Å². The number of hydrogen-bond acceptors (Lipinski definition) is 7. The zero-order valence-electron chi connectivity index (χ0n) is 18.6. The lowest BCUT2D eigenvalue weighted by Gasteiger charge is -2.13. The topological polar surface area (TPSA) is 81.3 Å². The maximum atomic E-state index is 13.3. The lowest BCUT2D eigenvalue weighted by molar-refractivity contribution is -0.145. The molecular formula is C25H20Cl2N2O5S. The minimum Gasteiger partial charge on any atom is -0.479 e. The first-order chi connectivity index (χ1) is 16.9. The number of carbonyl (C=O) groups is 2. The molecule has 1 aliphatic heterocycles. The Morgan fingerprint density at radius 1 is 1.14 bits per heavy atom. The number of rotatable bonds is 8. The molecule has 0 saturated carbocycles. The lowest BCUT2D eigenvalue weighted by Crippen LogP contribution is -2.28. The highest BCUT2D eigenvalue weighted by molar-refractivity contribution is 8.18. The standard InChI is InChI=1S/C25H20Cl2N2O5S/c1-2-32-22(30)15-34-23-19(26)11-16(12-20(23)27)13-21-24(31)29(14-18-9-6-10-33-18)25(35-21)28-17-7-4-3-5-8-17/h3-13H,2,14-15H2,1H3/b21-13-,28-25?. The minimum absolute atomic E-state index is 0.166. The Kier molecular flexibility index (Phi) is 8.17. The number of nitrogens with zero attached hydrogens (tertiary/aromatic N) is 2. The summed E-state index contributed by atoms with van der Waals surface area (Å²) in [6, 6.07) is 16.2. The highest BCUT2D eigenvalue weighted by Gasteiger charge is 2.34. The molecule has 1 aromatic heterocycles. The zero-order chi connectivity index (χ0) is 24.8. The van der Waals surface area contributed by atoms with Crippen molar-refractivity contribution < 1.29 is 23.5 Å². The number of thioether (sulfide) groups is 1. The van der Waals surface area contributed by atoms with Crippen LogP contribution in [0.25, 0.3) is 6.08 Å². The number of amidine groups is 1. The average Bonchev–Trinajstić information content (AvgIpc) is 3.44. The average molecular weight is 531 g/mol. The van der Waals surface area contributed by atoms with Crippen molar-refractivity contribution in [2.24, 2.45) is 4.99 Å². The van der Waals surface area contributed by atoms with Crippen LogP contribution in [0.15, 0.2) is 75.2 Å². The van der Waals surface area contributed by atoms with Crippen molar-refractivity contribution in [3.05, 3.63) is 87.1 Å². The van der Waals surface area contributed by atoms with E-state index in [2.05, 4.69) is 4.99 Å². The molecule has 1 saturated heterocycles. The van der Waals surface area contributed by atoms with Gasteiger partial charge in [-0.1, -0.05) is 41.4 Å². The molecular weight excluding hydrogens is 511 g/mol. The third-order valence-electron chi connectivity index (χ3n) is 4.72. The SMILES string of the molecule is CCOC(=O)COc1c(Cl)cc(/C=C2\SC(=Nc3ccccc3)N(Cc3ccco3)C2=O)cc1Cl. The van der Waals surface area contributed by atoms with Gasteiger partial charge in [0.2, 0.25) is 0 Å². The molecule has 0 N–H and O–H groups in total. The van der Waals surface area contributed by atoms with E-state index in [-0.39, 0.29) is 41.5 Å². The summed E-state index contributed by atoms with van der Waals surface area (Å²) < 4.78 is 15.7. The van der Waals surface area contributed by atoms with Crippen molar-refractivity contribution in [2.45, 2.75) is 13.5 Å². The molecule has 3 aromatic rings. The highest BCUT2D eigenvalue weighted by atomic mass is 35.5. The van der Waals surface area contributed by atoms with Gasteiger partial charge in [-0.25, -0.2) is 9.79 Å². The van der Waals surface area contributed by atoms with E-state index in [0.29, 0.717) is 21.4 Å². The van der Waals surface area contributed by atoms with Crippen LogP contribution < -0.4 is 4.74 Å². The third kappa shape index (κ3) is 6.28. The number of hydrogen-bond donors (Lipinski definition) is 0. The van der Waals surface area contributed by atoms with Gasteiger partial charge in [0.25, 0.3) is 5.91 Å². The number of halogens is 2. The normalized spacial score (nSPS) is 15.7. The van der Waals surface area contributed by atoms with Crippen molar-refractivity contribution >= 4 is 63.8 Å². The molecule has 180 valence electrons.